The highest BCUT2D eigenvalue weighted by Gasteiger charge is 2.28. The van der Waals surface area contributed by atoms with Gasteiger partial charge in [-0.2, -0.15) is 0 Å². The SMILES string of the molecule is CCCN1CC(CN=C(N)NC2CCC2)CC1=O. The lowest BCUT2D eigenvalue weighted by atomic mass is 9.93. The minimum Gasteiger partial charge on any atom is -0.370 e. The van der Waals surface area contributed by atoms with E-state index in [1.807, 2.05) is 4.90 Å². The van der Waals surface area contributed by atoms with Crippen LogP contribution >= 0.6 is 0 Å². The maximum Gasteiger partial charge on any atom is 0.222 e. The number of nitrogens with zero attached hydrogens (tertiary/aromatic N) is 2. The van der Waals surface area contributed by atoms with E-state index >= 15 is 0 Å². The maximum atomic E-state index is 11.7. The highest BCUT2D eigenvalue weighted by molar-refractivity contribution is 5.79. The first-order chi connectivity index (χ1) is 8.69. The molecule has 0 aromatic carbocycles. The number of likely N-dealkylation sites (tertiary alicyclic amines) is 1. The van der Waals surface area contributed by atoms with Crippen molar-refractivity contribution in [2.45, 2.75) is 45.1 Å². The van der Waals surface area contributed by atoms with Crippen molar-refractivity contribution >= 4 is 11.9 Å². The quantitative estimate of drug-likeness (QED) is 0.559. The van der Waals surface area contributed by atoms with E-state index in [2.05, 4.69) is 17.2 Å². The average molecular weight is 252 g/mol. The van der Waals surface area contributed by atoms with Crippen LogP contribution < -0.4 is 11.1 Å². The average Bonchev–Trinajstić information content (AvgIpc) is 2.63. The Morgan fingerprint density at radius 1 is 1.56 bits per heavy atom. The van der Waals surface area contributed by atoms with Crippen molar-refractivity contribution in [3.8, 4) is 0 Å². The lowest BCUT2D eigenvalue weighted by Crippen LogP contribution is -2.43. The van der Waals surface area contributed by atoms with Crippen molar-refractivity contribution in [1.29, 1.82) is 0 Å². The second-order valence-corrected chi connectivity index (χ2v) is 5.41. The van der Waals surface area contributed by atoms with Gasteiger partial charge < -0.3 is 16.0 Å². The van der Waals surface area contributed by atoms with E-state index in [1.165, 1.54) is 19.3 Å². The number of nitrogens with one attached hydrogen (secondary N) is 1. The summed E-state index contributed by atoms with van der Waals surface area (Å²) in [5.74, 6) is 1.15. The molecule has 1 saturated heterocycles. The number of hydrogen-bond donors (Lipinski definition) is 2. The minimum absolute atomic E-state index is 0.266. The molecule has 1 amide bonds. The summed E-state index contributed by atoms with van der Waals surface area (Å²) in [5.41, 5.74) is 5.83. The van der Waals surface area contributed by atoms with Crippen LogP contribution in [-0.2, 0) is 4.79 Å². The summed E-state index contributed by atoms with van der Waals surface area (Å²) in [5, 5.41) is 3.22. The first-order valence-electron chi connectivity index (χ1n) is 7.03. The number of carbonyl (C=O) groups excluding carboxylic acids is 1. The first-order valence-corrected chi connectivity index (χ1v) is 7.03. The van der Waals surface area contributed by atoms with Gasteiger partial charge in [0.15, 0.2) is 5.96 Å². The molecule has 1 saturated carbocycles. The Hall–Kier alpha value is -1.26. The molecule has 5 nitrogen and oxygen atoms in total. The molecule has 1 aliphatic heterocycles. The molecule has 1 unspecified atom stereocenters. The van der Waals surface area contributed by atoms with Crippen LogP contribution in [0, 0.1) is 5.92 Å². The predicted molar refractivity (Wildman–Crippen MR) is 72.2 cm³/mol. The van der Waals surface area contributed by atoms with E-state index in [0.717, 1.165) is 19.5 Å². The Bertz CT molecular complexity index is 325. The lowest BCUT2D eigenvalue weighted by molar-refractivity contribution is -0.127. The third-order valence-electron chi connectivity index (χ3n) is 3.77. The van der Waals surface area contributed by atoms with E-state index in [4.69, 9.17) is 5.73 Å². The fourth-order valence-corrected chi connectivity index (χ4v) is 2.50. The standard InChI is InChI=1S/C13H24N4O/c1-2-6-17-9-10(7-12(17)18)8-15-13(14)16-11-4-3-5-11/h10-11H,2-9H2,1H3,(H3,14,15,16). The Balaban J connectivity index is 1.73. The van der Waals surface area contributed by atoms with Gasteiger partial charge in [-0.15, -0.1) is 0 Å². The summed E-state index contributed by atoms with van der Waals surface area (Å²) in [6, 6.07) is 0.524. The zero-order valence-corrected chi connectivity index (χ0v) is 11.2. The van der Waals surface area contributed by atoms with E-state index in [0.29, 0.717) is 30.9 Å². The topological polar surface area (TPSA) is 70.7 Å². The van der Waals surface area contributed by atoms with Crippen molar-refractivity contribution < 1.29 is 4.79 Å². The summed E-state index contributed by atoms with van der Waals surface area (Å²) >= 11 is 0. The molecule has 1 aliphatic carbocycles. The van der Waals surface area contributed by atoms with Crippen molar-refractivity contribution in [1.82, 2.24) is 10.2 Å². The molecule has 102 valence electrons. The van der Waals surface area contributed by atoms with Gasteiger partial charge >= 0.3 is 0 Å². The number of amides is 1. The largest absolute Gasteiger partial charge is 0.370 e. The molecule has 5 heteroatoms. The van der Waals surface area contributed by atoms with Gasteiger partial charge in [0.25, 0.3) is 0 Å². The summed E-state index contributed by atoms with van der Waals surface area (Å²) in [6.07, 6.45) is 5.33. The van der Waals surface area contributed by atoms with Crippen LogP contribution in [-0.4, -0.2) is 42.4 Å². The number of hydrogen-bond acceptors (Lipinski definition) is 2. The summed E-state index contributed by atoms with van der Waals surface area (Å²) in [7, 11) is 0. The maximum absolute atomic E-state index is 11.7. The van der Waals surface area contributed by atoms with E-state index in [1.54, 1.807) is 0 Å². The van der Waals surface area contributed by atoms with Gasteiger partial charge in [-0.3, -0.25) is 9.79 Å². The zero-order valence-electron chi connectivity index (χ0n) is 11.2. The molecule has 2 aliphatic rings. The number of aliphatic imine (C=N–C) groups is 1. The molecule has 18 heavy (non-hydrogen) atoms. The van der Waals surface area contributed by atoms with Gasteiger partial charge in [-0.1, -0.05) is 6.92 Å². The molecule has 2 rings (SSSR count). The van der Waals surface area contributed by atoms with Gasteiger partial charge in [0, 0.05) is 38.0 Å². The molecule has 2 fully saturated rings. The van der Waals surface area contributed by atoms with Gasteiger partial charge in [0.2, 0.25) is 5.91 Å². The van der Waals surface area contributed by atoms with E-state index in [9.17, 15) is 4.79 Å². The number of rotatable bonds is 5. The third-order valence-corrected chi connectivity index (χ3v) is 3.77. The number of carbonyl (C=O) groups is 1. The predicted octanol–water partition coefficient (Wildman–Crippen LogP) is 0.702. The molecular formula is C13H24N4O. The lowest BCUT2D eigenvalue weighted by Gasteiger charge is -2.26. The van der Waals surface area contributed by atoms with Gasteiger partial charge in [-0.25, -0.2) is 0 Å². The van der Waals surface area contributed by atoms with Crippen LogP contribution in [0.1, 0.15) is 39.0 Å². The summed E-state index contributed by atoms with van der Waals surface area (Å²) in [4.78, 5) is 18.0. The first kappa shape index (κ1) is 13.2. The second kappa shape index (κ2) is 6.07. The Labute approximate surface area is 109 Å². The highest BCUT2D eigenvalue weighted by atomic mass is 16.2. The monoisotopic (exact) mass is 252 g/mol. The third kappa shape index (κ3) is 3.37. The fraction of sp³-hybridized carbons (Fsp3) is 0.846. The summed E-state index contributed by atoms with van der Waals surface area (Å²) in [6.45, 7) is 4.47. The van der Waals surface area contributed by atoms with Crippen LogP contribution in [0.25, 0.3) is 0 Å². The number of nitrogens with two attached hydrogens (primary N) is 1. The molecule has 0 aromatic heterocycles. The molecule has 3 N–H and O–H groups in total. The van der Waals surface area contributed by atoms with Crippen molar-refractivity contribution in [2.24, 2.45) is 16.6 Å². The second-order valence-electron chi connectivity index (χ2n) is 5.41. The molecule has 1 heterocycles. The van der Waals surface area contributed by atoms with Crippen LogP contribution in [0.5, 0.6) is 0 Å². The van der Waals surface area contributed by atoms with Crippen molar-refractivity contribution in [3.05, 3.63) is 0 Å². The summed E-state index contributed by atoms with van der Waals surface area (Å²) < 4.78 is 0. The fourth-order valence-electron chi connectivity index (χ4n) is 2.50. The van der Waals surface area contributed by atoms with Crippen LogP contribution in [0.2, 0.25) is 0 Å². The molecule has 0 radical (unpaired) electrons. The minimum atomic E-state index is 0.266. The Kier molecular flexibility index (Phi) is 4.44. The van der Waals surface area contributed by atoms with E-state index in [-0.39, 0.29) is 5.91 Å². The number of guanidine groups is 1. The molecule has 0 aromatic rings. The Morgan fingerprint density at radius 3 is 2.94 bits per heavy atom. The molecule has 0 spiro atoms. The zero-order chi connectivity index (χ0) is 13.0. The van der Waals surface area contributed by atoms with Crippen LogP contribution in [0.15, 0.2) is 4.99 Å². The van der Waals surface area contributed by atoms with E-state index < -0.39 is 0 Å². The van der Waals surface area contributed by atoms with Crippen LogP contribution in [0.3, 0.4) is 0 Å². The van der Waals surface area contributed by atoms with Gasteiger partial charge in [-0.05, 0) is 25.7 Å². The van der Waals surface area contributed by atoms with Crippen molar-refractivity contribution in [2.75, 3.05) is 19.6 Å². The van der Waals surface area contributed by atoms with Gasteiger partial charge in [0.1, 0.15) is 0 Å². The Morgan fingerprint density at radius 2 is 2.33 bits per heavy atom. The molecule has 1 atom stereocenters. The molecular weight excluding hydrogens is 228 g/mol. The molecule has 0 bridgehead atoms. The normalized spacial score (nSPS) is 25.4. The smallest absolute Gasteiger partial charge is 0.222 e. The van der Waals surface area contributed by atoms with Crippen LogP contribution in [0.4, 0.5) is 0 Å². The van der Waals surface area contributed by atoms with Crippen molar-refractivity contribution in [3.63, 3.8) is 0 Å². The highest BCUT2D eigenvalue weighted by Crippen LogP contribution is 2.19. The van der Waals surface area contributed by atoms with Gasteiger partial charge in [0.05, 0.1) is 0 Å².